The second-order valence-electron chi connectivity index (χ2n) is 18.5. The van der Waals surface area contributed by atoms with Crippen LogP contribution in [0.1, 0.15) is 232 Å². The van der Waals surface area contributed by atoms with E-state index in [1.165, 1.54) is 173 Å². The van der Waals surface area contributed by atoms with Gasteiger partial charge in [0.05, 0.1) is 34.4 Å². The van der Waals surface area contributed by atoms with Crippen molar-refractivity contribution in [1.29, 1.82) is 0 Å². The maximum absolute atomic E-state index is 12.7. The number of quaternary nitrogens is 1. The van der Waals surface area contributed by atoms with Gasteiger partial charge in [-0.3, -0.25) is 13.8 Å². The molecule has 0 rings (SSSR count). The number of nitrogens with zero attached hydrogens (tertiary/aromatic N) is 1. The van der Waals surface area contributed by atoms with Gasteiger partial charge in [-0.25, -0.2) is 4.57 Å². The number of esters is 1. The van der Waals surface area contributed by atoms with Crippen LogP contribution in [0, 0.1) is 0 Å². The third kappa shape index (κ3) is 49.6. The Hall–Kier alpha value is -1.28. The minimum Gasteiger partial charge on any atom is -0.457 e. The summed E-state index contributed by atoms with van der Waals surface area (Å²) in [5, 5.41) is 0. The number of rotatable bonds is 48. The molecular weight excluding hydrogens is 782 g/mol. The first-order valence-electron chi connectivity index (χ1n) is 25.7. The highest BCUT2D eigenvalue weighted by molar-refractivity contribution is 7.47. The van der Waals surface area contributed by atoms with Gasteiger partial charge in [-0.05, 0) is 70.6 Å². The number of phosphoric acid groups is 1. The fourth-order valence-corrected chi connectivity index (χ4v) is 7.91. The first-order chi connectivity index (χ1) is 29.6. The van der Waals surface area contributed by atoms with Crippen LogP contribution in [0.5, 0.6) is 0 Å². The SMILES string of the molecule is CCCCCCC/C=C\C/C=C\CCCCCCCCCCCCOCC(COP(=O)(O)OCC[N+](C)(C)C)OC(=O)CCCCCCCCC/C=C\CCCCCCCC. The average molecular weight is 883 g/mol. The monoisotopic (exact) mass is 883 g/mol. The minimum atomic E-state index is -4.28. The highest BCUT2D eigenvalue weighted by Gasteiger charge is 2.26. The fraction of sp³-hybridized carbons (Fsp3) is 0.865. The third-order valence-corrected chi connectivity index (χ3v) is 12.2. The van der Waals surface area contributed by atoms with Gasteiger partial charge in [0.2, 0.25) is 0 Å². The number of unbranched alkanes of at least 4 members (excludes halogenated alkanes) is 28. The summed E-state index contributed by atoms with van der Waals surface area (Å²) in [5.41, 5.74) is 0. The first kappa shape index (κ1) is 59.7. The van der Waals surface area contributed by atoms with E-state index < -0.39 is 13.9 Å². The van der Waals surface area contributed by atoms with E-state index >= 15 is 0 Å². The molecule has 9 heteroatoms. The lowest BCUT2D eigenvalue weighted by molar-refractivity contribution is -0.870. The lowest BCUT2D eigenvalue weighted by Gasteiger charge is -2.24. The minimum absolute atomic E-state index is 0.0875. The van der Waals surface area contributed by atoms with Crippen LogP contribution < -0.4 is 0 Å². The molecule has 0 aromatic carbocycles. The summed E-state index contributed by atoms with van der Waals surface area (Å²) in [4.78, 5) is 23.0. The van der Waals surface area contributed by atoms with Gasteiger partial charge in [0.25, 0.3) is 0 Å². The van der Waals surface area contributed by atoms with Gasteiger partial charge in [-0.1, -0.05) is 192 Å². The molecule has 0 bridgehead atoms. The number of hydrogen-bond acceptors (Lipinski definition) is 6. The number of hydrogen-bond donors (Lipinski definition) is 1. The van der Waals surface area contributed by atoms with E-state index in [1.807, 2.05) is 21.1 Å². The lowest BCUT2D eigenvalue weighted by Crippen LogP contribution is -2.37. The Labute approximate surface area is 378 Å². The zero-order chi connectivity index (χ0) is 44.8. The Kier molecular flexibility index (Phi) is 44.3. The van der Waals surface area contributed by atoms with Crippen molar-refractivity contribution in [2.75, 3.05) is 54.1 Å². The van der Waals surface area contributed by atoms with Crippen molar-refractivity contribution >= 4 is 13.8 Å². The molecule has 2 unspecified atom stereocenters. The van der Waals surface area contributed by atoms with Crippen molar-refractivity contribution in [2.24, 2.45) is 0 Å². The van der Waals surface area contributed by atoms with Crippen molar-refractivity contribution < 1.29 is 37.3 Å². The lowest BCUT2D eigenvalue weighted by atomic mass is 10.1. The van der Waals surface area contributed by atoms with Gasteiger partial charge >= 0.3 is 13.8 Å². The number of carbonyl (C=O) groups is 1. The summed E-state index contributed by atoms with van der Waals surface area (Å²) in [6.07, 6.45) is 54.7. The normalized spacial score (nSPS) is 13.9. The van der Waals surface area contributed by atoms with Crippen LogP contribution in [0.3, 0.4) is 0 Å². The smallest absolute Gasteiger partial charge is 0.457 e. The van der Waals surface area contributed by atoms with Gasteiger partial charge in [0.15, 0.2) is 0 Å². The van der Waals surface area contributed by atoms with E-state index in [0.29, 0.717) is 24.1 Å². The predicted molar refractivity (Wildman–Crippen MR) is 261 cm³/mol. The van der Waals surface area contributed by atoms with Crippen LogP contribution in [-0.2, 0) is 27.9 Å². The van der Waals surface area contributed by atoms with Crippen LogP contribution in [0.4, 0.5) is 0 Å². The Balaban J connectivity index is 4.13. The summed E-state index contributed by atoms with van der Waals surface area (Å²) in [6.45, 7) is 5.63. The van der Waals surface area contributed by atoms with Crippen molar-refractivity contribution in [3.63, 3.8) is 0 Å². The topological polar surface area (TPSA) is 91.3 Å². The third-order valence-electron chi connectivity index (χ3n) is 11.2. The second-order valence-corrected chi connectivity index (χ2v) is 20.0. The molecule has 1 N–H and O–H groups in total. The number of likely N-dealkylation sites (N-methyl/N-ethyl adjacent to an activating group) is 1. The van der Waals surface area contributed by atoms with Crippen LogP contribution in [0.25, 0.3) is 0 Å². The highest BCUT2D eigenvalue weighted by atomic mass is 31.2. The number of allylic oxidation sites excluding steroid dienone is 6. The van der Waals surface area contributed by atoms with Crippen molar-refractivity contribution in [2.45, 2.75) is 238 Å². The molecule has 0 amide bonds. The summed E-state index contributed by atoms with van der Waals surface area (Å²) >= 11 is 0. The maximum atomic E-state index is 12.7. The molecule has 8 nitrogen and oxygen atoms in total. The summed E-state index contributed by atoms with van der Waals surface area (Å²) in [6, 6.07) is 0. The van der Waals surface area contributed by atoms with Gasteiger partial charge in [-0.15, -0.1) is 0 Å². The van der Waals surface area contributed by atoms with Gasteiger partial charge in [0.1, 0.15) is 19.3 Å². The Bertz CT molecular complexity index is 1070. The molecule has 0 radical (unpaired) electrons. The highest BCUT2D eigenvalue weighted by Crippen LogP contribution is 2.43. The molecule has 0 aromatic heterocycles. The van der Waals surface area contributed by atoms with Crippen LogP contribution >= 0.6 is 7.82 Å². The average Bonchev–Trinajstić information content (AvgIpc) is 3.22. The predicted octanol–water partition coefficient (Wildman–Crippen LogP) is 15.7. The van der Waals surface area contributed by atoms with Gasteiger partial charge in [-0.2, -0.15) is 0 Å². The molecular formula is C52H101NO7P+. The Morgan fingerprint density at radius 2 is 0.902 bits per heavy atom. The van der Waals surface area contributed by atoms with Crippen LogP contribution in [0.2, 0.25) is 0 Å². The number of ether oxygens (including phenoxy) is 2. The molecule has 0 saturated heterocycles. The quantitative estimate of drug-likeness (QED) is 0.0214. The van der Waals surface area contributed by atoms with E-state index in [1.54, 1.807) is 0 Å². The molecule has 0 saturated carbocycles. The van der Waals surface area contributed by atoms with Gasteiger partial charge < -0.3 is 18.9 Å². The van der Waals surface area contributed by atoms with E-state index in [9.17, 15) is 14.3 Å². The van der Waals surface area contributed by atoms with E-state index in [4.69, 9.17) is 18.5 Å². The van der Waals surface area contributed by atoms with E-state index in [-0.39, 0.29) is 25.8 Å². The molecule has 0 aromatic rings. The van der Waals surface area contributed by atoms with E-state index in [0.717, 1.165) is 38.5 Å². The molecule has 360 valence electrons. The number of phosphoric ester groups is 1. The zero-order valence-corrected chi connectivity index (χ0v) is 41.8. The summed E-state index contributed by atoms with van der Waals surface area (Å²) in [7, 11) is 1.67. The Morgan fingerprint density at radius 3 is 1.34 bits per heavy atom. The standard InChI is InChI=1S/C52H100NO7P/c1-6-8-10-12-14-16-18-20-22-24-25-26-27-28-30-32-34-36-38-40-42-44-47-57-49-51(50-59-61(55,56)58-48-46-53(3,4)5)60-52(54)45-43-41-39-37-35-33-31-29-23-21-19-17-15-13-11-9-7-2/h18,20-21,23-25,51H,6-17,19,22,26-50H2,1-5H3/p+1/b20-18-,23-21-,25-24-. The molecule has 0 aliphatic heterocycles. The molecule has 0 spiro atoms. The molecule has 0 aliphatic carbocycles. The molecule has 0 aliphatic rings. The van der Waals surface area contributed by atoms with Crippen molar-refractivity contribution in [1.82, 2.24) is 0 Å². The largest absolute Gasteiger partial charge is 0.472 e. The second kappa shape index (κ2) is 45.3. The van der Waals surface area contributed by atoms with Crippen LogP contribution in [0.15, 0.2) is 36.5 Å². The number of carbonyl (C=O) groups excluding carboxylic acids is 1. The molecule has 61 heavy (non-hydrogen) atoms. The molecule has 0 heterocycles. The maximum Gasteiger partial charge on any atom is 0.472 e. The molecule has 2 atom stereocenters. The van der Waals surface area contributed by atoms with E-state index in [2.05, 4.69) is 50.3 Å². The fourth-order valence-electron chi connectivity index (χ4n) is 7.17. The Morgan fingerprint density at radius 1 is 0.508 bits per heavy atom. The molecule has 0 fully saturated rings. The summed E-state index contributed by atoms with van der Waals surface area (Å²) in [5.74, 6) is -0.317. The zero-order valence-electron chi connectivity index (χ0n) is 40.9. The van der Waals surface area contributed by atoms with Gasteiger partial charge in [0, 0.05) is 13.0 Å². The van der Waals surface area contributed by atoms with Crippen LogP contribution in [-0.4, -0.2) is 75.6 Å². The van der Waals surface area contributed by atoms with Crippen molar-refractivity contribution in [3.8, 4) is 0 Å². The first-order valence-corrected chi connectivity index (χ1v) is 27.2. The summed E-state index contributed by atoms with van der Waals surface area (Å²) < 4.78 is 35.1. The van der Waals surface area contributed by atoms with Crippen molar-refractivity contribution in [3.05, 3.63) is 36.5 Å².